The van der Waals surface area contributed by atoms with Gasteiger partial charge in [0.05, 0.1) is 13.2 Å². The molecule has 1 aromatic heterocycles. The molecule has 1 aromatic rings. The Balaban J connectivity index is 0.00000176. The van der Waals surface area contributed by atoms with E-state index in [-0.39, 0.29) is 24.4 Å². The van der Waals surface area contributed by atoms with Crippen LogP contribution in [0.1, 0.15) is 12.8 Å². The molecular formula is C15H23ClN4O2. The Morgan fingerprint density at radius 3 is 2.77 bits per heavy atom. The number of ether oxygens (including phenoxy) is 1. The maximum atomic E-state index is 12.4. The lowest BCUT2D eigenvalue weighted by atomic mass is 10.2. The summed E-state index contributed by atoms with van der Waals surface area (Å²) in [4.78, 5) is 20.9. The zero-order valence-electron chi connectivity index (χ0n) is 12.8. The Morgan fingerprint density at radius 1 is 1.36 bits per heavy atom. The van der Waals surface area contributed by atoms with Crippen molar-refractivity contribution in [2.24, 2.45) is 0 Å². The van der Waals surface area contributed by atoms with Crippen LogP contribution in [0.4, 0.5) is 5.82 Å². The van der Waals surface area contributed by atoms with Gasteiger partial charge in [-0.2, -0.15) is 0 Å². The summed E-state index contributed by atoms with van der Waals surface area (Å²) in [5.74, 6) is 1.99. The van der Waals surface area contributed by atoms with E-state index in [0.29, 0.717) is 0 Å². The largest absolute Gasteiger partial charge is 0.497 e. The second-order valence-corrected chi connectivity index (χ2v) is 5.52. The minimum absolute atomic E-state index is 0. The Morgan fingerprint density at radius 2 is 2.14 bits per heavy atom. The molecule has 0 spiro atoms. The van der Waals surface area contributed by atoms with Gasteiger partial charge < -0.3 is 19.9 Å². The summed E-state index contributed by atoms with van der Waals surface area (Å²) in [6.07, 6.45) is 3.83. The zero-order valence-corrected chi connectivity index (χ0v) is 13.6. The summed E-state index contributed by atoms with van der Waals surface area (Å²) in [5.41, 5.74) is 0. The van der Waals surface area contributed by atoms with Crippen molar-refractivity contribution in [3.8, 4) is 5.75 Å². The maximum Gasteiger partial charge on any atom is 0.239 e. The highest BCUT2D eigenvalue weighted by molar-refractivity contribution is 5.85. The van der Waals surface area contributed by atoms with Gasteiger partial charge in [-0.25, -0.2) is 4.98 Å². The lowest BCUT2D eigenvalue weighted by Gasteiger charge is -2.36. The van der Waals surface area contributed by atoms with Crippen LogP contribution >= 0.6 is 12.4 Å². The molecule has 7 heteroatoms. The molecule has 0 aromatic carbocycles. The average molecular weight is 327 g/mol. The Bertz CT molecular complexity index is 500. The van der Waals surface area contributed by atoms with Crippen LogP contribution in [0.25, 0.3) is 0 Å². The van der Waals surface area contributed by atoms with Gasteiger partial charge in [0.2, 0.25) is 5.91 Å². The number of anilines is 1. The molecule has 2 aliphatic rings. The first-order valence-corrected chi connectivity index (χ1v) is 7.55. The van der Waals surface area contributed by atoms with Crippen molar-refractivity contribution in [2.45, 2.75) is 18.9 Å². The quantitative estimate of drug-likeness (QED) is 0.895. The van der Waals surface area contributed by atoms with Crippen molar-refractivity contribution in [3.05, 3.63) is 18.3 Å². The van der Waals surface area contributed by atoms with Crippen molar-refractivity contribution >= 4 is 24.1 Å². The molecule has 2 aliphatic heterocycles. The van der Waals surface area contributed by atoms with E-state index in [0.717, 1.165) is 57.1 Å². The van der Waals surface area contributed by atoms with Crippen LogP contribution in [0.15, 0.2) is 18.3 Å². The number of halogens is 1. The van der Waals surface area contributed by atoms with Crippen LogP contribution in [0.5, 0.6) is 5.75 Å². The highest BCUT2D eigenvalue weighted by atomic mass is 35.5. The fourth-order valence-corrected chi connectivity index (χ4v) is 2.97. The van der Waals surface area contributed by atoms with Crippen LogP contribution in [0.3, 0.4) is 0 Å². The number of carbonyl (C=O) groups excluding carboxylic acids is 1. The van der Waals surface area contributed by atoms with E-state index < -0.39 is 0 Å². The Kier molecular flexibility index (Phi) is 5.85. The fraction of sp³-hybridized carbons (Fsp3) is 0.600. The van der Waals surface area contributed by atoms with Crippen LogP contribution in [-0.2, 0) is 4.79 Å². The molecule has 0 radical (unpaired) electrons. The number of rotatable bonds is 3. The van der Waals surface area contributed by atoms with Gasteiger partial charge in [0.25, 0.3) is 0 Å². The first-order chi connectivity index (χ1) is 10.3. The predicted molar refractivity (Wildman–Crippen MR) is 87.9 cm³/mol. The lowest BCUT2D eigenvalue weighted by Crippen LogP contribution is -2.53. The number of methoxy groups -OCH3 is 1. The minimum atomic E-state index is 0. The van der Waals surface area contributed by atoms with Gasteiger partial charge in [-0.1, -0.05) is 0 Å². The fourth-order valence-electron chi connectivity index (χ4n) is 2.97. The number of piperazine rings is 1. The standard InChI is InChI=1S/C15H22N4O2.ClH/c1-21-12-4-6-17-14(11-12)18-7-9-19(10-8-18)15(20)13-3-2-5-16-13;/h4,6,11,13,16H,2-3,5,7-10H2,1H3;1H. The molecule has 3 rings (SSSR count). The van der Waals surface area contributed by atoms with Gasteiger partial charge in [-0.15, -0.1) is 12.4 Å². The molecule has 1 unspecified atom stereocenters. The molecule has 2 fully saturated rings. The van der Waals surface area contributed by atoms with E-state index in [1.54, 1.807) is 13.3 Å². The predicted octanol–water partition coefficient (Wildman–Crippen LogP) is 0.913. The molecule has 1 amide bonds. The highest BCUT2D eigenvalue weighted by Gasteiger charge is 2.29. The second kappa shape index (κ2) is 7.65. The summed E-state index contributed by atoms with van der Waals surface area (Å²) < 4.78 is 5.23. The smallest absolute Gasteiger partial charge is 0.239 e. The second-order valence-electron chi connectivity index (χ2n) is 5.52. The number of hydrogen-bond acceptors (Lipinski definition) is 5. The van der Waals surface area contributed by atoms with E-state index in [2.05, 4.69) is 15.2 Å². The maximum absolute atomic E-state index is 12.4. The Labute approximate surface area is 137 Å². The number of carbonyl (C=O) groups is 1. The van der Waals surface area contributed by atoms with Crippen molar-refractivity contribution in [3.63, 3.8) is 0 Å². The van der Waals surface area contributed by atoms with Gasteiger partial charge in [0.15, 0.2) is 0 Å². The topological polar surface area (TPSA) is 57.7 Å². The summed E-state index contributed by atoms with van der Waals surface area (Å²) >= 11 is 0. The molecule has 22 heavy (non-hydrogen) atoms. The third-order valence-corrected chi connectivity index (χ3v) is 4.23. The normalized spacial score (nSPS) is 21.4. The first kappa shape index (κ1) is 16.8. The molecule has 0 saturated carbocycles. The molecule has 1 N–H and O–H groups in total. The summed E-state index contributed by atoms with van der Waals surface area (Å²) in [7, 11) is 1.66. The van der Waals surface area contributed by atoms with Gasteiger partial charge >= 0.3 is 0 Å². The van der Waals surface area contributed by atoms with Gasteiger partial charge in [0.1, 0.15) is 11.6 Å². The van der Waals surface area contributed by atoms with Crippen molar-refractivity contribution in [2.75, 3.05) is 44.7 Å². The zero-order chi connectivity index (χ0) is 14.7. The van der Waals surface area contributed by atoms with E-state index in [9.17, 15) is 4.79 Å². The molecule has 1 atom stereocenters. The lowest BCUT2D eigenvalue weighted by molar-refractivity contribution is -0.133. The van der Waals surface area contributed by atoms with E-state index in [1.807, 2.05) is 17.0 Å². The molecule has 6 nitrogen and oxygen atoms in total. The Hall–Kier alpha value is -1.53. The highest BCUT2D eigenvalue weighted by Crippen LogP contribution is 2.20. The third-order valence-electron chi connectivity index (χ3n) is 4.23. The number of amides is 1. The number of aromatic nitrogens is 1. The minimum Gasteiger partial charge on any atom is -0.497 e. The van der Waals surface area contributed by atoms with Crippen molar-refractivity contribution < 1.29 is 9.53 Å². The SMILES string of the molecule is COc1ccnc(N2CCN(C(=O)C3CCCN3)CC2)c1.Cl. The van der Waals surface area contributed by atoms with E-state index in [1.165, 1.54) is 0 Å². The third kappa shape index (κ3) is 3.62. The molecule has 0 bridgehead atoms. The van der Waals surface area contributed by atoms with Crippen LogP contribution in [0.2, 0.25) is 0 Å². The molecular weight excluding hydrogens is 304 g/mol. The van der Waals surface area contributed by atoms with Crippen LogP contribution in [-0.4, -0.2) is 61.7 Å². The van der Waals surface area contributed by atoms with E-state index in [4.69, 9.17) is 4.74 Å². The molecule has 0 aliphatic carbocycles. The van der Waals surface area contributed by atoms with Gasteiger partial charge in [-0.3, -0.25) is 4.79 Å². The van der Waals surface area contributed by atoms with Gasteiger partial charge in [-0.05, 0) is 25.5 Å². The summed E-state index contributed by atoms with van der Waals surface area (Å²) in [6.45, 7) is 4.12. The number of pyridine rings is 1. The molecule has 2 saturated heterocycles. The van der Waals surface area contributed by atoms with Crippen LogP contribution in [0, 0.1) is 0 Å². The number of nitrogens with one attached hydrogen (secondary N) is 1. The molecule has 122 valence electrons. The average Bonchev–Trinajstić information content (AvgIpc) is 3.09. The van der Waals surface area contributed by atoms with Crippen molar-refractivity contribution in [1.82, 2.24) is 15.2 Å². The van der Waals surface area contributed by atoms with Crippen LogP contribution < -0.4 is 15.0 Å². The monoisotopic (exact) mass is 326 g/mol. The summed E-state index contributed by atoms with van der Waals surface area (Å²) in [6, 6.07) is 3.82. The molecule has 3 heterocycles. The first-order valence-electron chi connectivity index (χ1n) is 7.55. The van der Waals surface area contributed by atoms with Crippen molar-refractivity contribution in [1.29, 1.82) is 0 Å². The number of hydrogen-bond donors (Lipinski definition) is 1. The van der Waals surface area contributed by atoms with Gasteiger partial charge in [0, 0.05) is 38.4 Å². The van der Waals surface area contributed by atoms with E-state index >= 15 is 0 Å². The number of nitrogens with zero attached hydrogens (tertiary/aromatic N) is 3. The summed E-state index contributed by atoms with van der Waals surface area (Å²) in [5, 5.41) is 3.28.